The second-order valence-electron chi connectivity index (χ2n) is 5.58. The molecule has 104 valence electrons. The molecule has 0 spiro atoms. The maximum absolute atomic E-state index is 6.15. The molecule has 2 atom stereocenters. The van der Waals surface area contributed by atoms with Crippen LogP contribution in [0.5, 0.6) is 0 Å². The molecule has 0 aliphatic carbocycles. The van der Waals surface area contributed by atoms with Gasteiger partial charge in [-0.2, -0.15) is 0 Å². The highest BCUT2D eigenvalue weighted by atomic mass is 35.7. The second kappa shape index (κ2) is 8.00. The molecule has 0 N–H and O–H groups in total. The average molecular weight is 301 g/mol. The molecule has 0 radical (unpaired) electrons. The van der Waals surface area contributed by atoms with E-state index in [1.54, 1.807) is 0 Å². The van der Waals surface area contributed by atoms with Crippen molar-refractivity contribution in [3.63, 3.8) is 0 Å². The number of halogens is 2. The van der Waals surface area contributed by atoms with Gasteiger partial charge >= 0.3 is 7.18 Å². The highest BCUT2D eigenvalue weighted by Crippen LogP contribution is 2.25. The third-order valence-corrected chi connectivity index (χ3v) is 4.71. The lowest BCUT2D eigenvalue weighted by Gasteiger charge is -2.26. The summed E-state index contributed by atoms with van der Waals surface area (Å²) in [6, 6.07) is 0. The third-order valence-electron chi connectivity index (χ3n) is 2.28. The largest absolute Gasteiger partial charge is 0.551 e. The van der Waals surface area contributed by atoms with E-state index in [1.807, 2.05) is 13.8 Å². The van der Waals surface area contributed by atoms with Crippen LogP contribution in [0, 0.1) is 11.8 Å². The standard InChI is InChI=1S/C12H26Cl2O2Si/c1-9(2)7-11(5)15-17(13,14)16-12(6)8-10(3)4/h9-12H,7-8H2,1-6H3. The zero-order valence-electron chi connectivity index (χ0n) is 11.8. The van der Waals surface area contributed by atoms with E-state index >= 15 is 0 Å². The summed E-state index contributed by atoms with van der Waals surface area (Å²) in [5.41, 5.74) is 0. The summed E-state index contributed by atoms with van der Waals surface area (Å²) in [6.07, 6.45) is 1.97. The lowest BCUT2D eigenvalue weighted by molar-refractivity contribution is 0.100. The summed E-state index contributed by atoms with van der Waals surface area (Å²) < 4.78 is 11.3. The average Bonchev–Trinajstić information content (AvgIpc) is 1.95. The van der Waals surface area contributed by atoms with Crippen molar-refractivity contribution < 1.29 is 8.85 Å². The van der Waals surface area contributed by atoms with E-state index in [0.717, 1.165) is 12.8 Å². The fraction of sp³-hybridized carbons (Fsp3) is 1.00. The second-order valence-corrected chi connectivity index (χ2v) is 10.5. The van der Waals surface area contributed by atoms with Crippen molar-refractivity contribution in [3.05, 3.63) is 0 Å². The molecule has 0 aromatic carbocycles. The minimum atomic E-state index is -3.02. The lowest BCUT2D eigenvalue weighted by Crippen LogP contribution is -2.37. The zero-order valence-corrected chi connectivity index (χ0v) is 14.3. The first kappa shape index (κ1) is 17.7. The van der Waals surface area contributed by atoms with Crippen molar-refractivity contribution in [2.75, 3.05) is 0 Å². The molecule has 0 heterocycles. The summed E-state index contributed by atoms with van der Waals surface area (Å²) in [6.45, 7) is 12.6. The molecule has 2 unspecified atom stereocenters. The smallest absolute Gasteiger partial charge is 0.369 e. The summed E-state index contributed by atoms with van der Waals surface area (Å²) in [5, 5.41) is 0. The van der Waals surface area contributed by atoms with Crippen LogP contribution in [0.1, 0.15) is 54.4 Å². The Bertz CT molecular complexity index is 191. The van der Waals surface area contributed by atoms with E-state index in [1.165, 1.54) is 0 Å². The molecule has 0 rings (SSSR count). The van der Waals surface area contributed by atoms with Crippen molar-refractivity contribution in [2.45, 2.75) is 66.6 Å². The molecule has 0 bridgehead atoms. The van der Waals surface area contributed by atoms with Crippen molar-refractivity contribution in [1.82, 2.24) is 0 Å². The number of rotatable bonds is 8. The molecule has 17 heavy (non-hydrogen) atoms. The van der Waals surface area contributed by atoms with Gasteiger partial charge in [-0.3, -0.25) is 0 Å². The topological polar surface area (TPSA) is 18.5 Å². The Hall–Kier alpha value is 0.717. The van der Waals surface area contributed by atoms with Gasteiger partial charge in [-0.1, -0.05) is 49.9 Å². The van der Waals surface area contributed by atoms with Crippen molar-refractivity contribution in [3.8, 4) is 0 Å². The molecule has 0 amide bonds. The summed E-state index contributed by atoms with van der Waals surface area (Å²) in [7, 11) is -3.02. The molecular weight excluding hydrogens is 275 g/mol. The molecular formula is C12H26Cl2O2Si. The lowest BCUT2D eigenvalue weighted by atomic mass is 10.1. The Kier molecular flexibility index (Phi) is 8.34. The van der Waals surface area contributed by atoms with Crippen LogP contribution in [0.4, 0.5) is 0 Å². The Morgan fingerprint density at radius 3 is 1.29 bits per heavy atom. The van der Waals surface area contributed by atoms with E-state index in [0.29, 0.717) is 11.8 Å². The predicted molar refractivity (Wildman–Crippen MR) is 77.5 cm³/mol. The van der Waals surface area contributed by atoms with Gasteiger partial charge in [-0.25, -0.2) is 0 Å². The fourth-order valence-electron chi connectivity index (χ4n) is 1.92. The van der Waals surface area contributed by atoms with Crippen LogP contribution in [-0.4, -0.2) is 19.4 Å². The molecule has 0 aromatic heterocycles. The van der Waals surface area contributed by atoms with Gasteiger partial charge in [0.05, 0.1) is 0 Å². The first-order chi connectivity index (χ1) is 7.62. The summed E-state index contributed by atoms with van der Waals surface area (Å²) in [4.78, 5) is 0. The fourth-order valence-corrected chi connectivity index (χ4v) is 4.93. The minimum Gasteiger partial charge on any atom is -0.369 e. The van der Waals surface area contributed by atoms with Gasteiger partial charge in [0.25, 0.3) is 0 Å². The predicted octanol–water partition coefficient (Wildman–Crippen LogP) is 4.80. The van der Waals surface area contributed by atoms with Gasteiger partial charge in [0.15, 0.2) is 0 Å². The Morgan fingerprint density at radius 2 is 1.06 bits per heavy atom. The SMILES string of the molecule is CC(C)CC(C)O[Si](Cl)(Cl)OC(C)CC(C)C. The van der Waals surface area contributed by atoms with Gasteiger partial charge in [-0.15, -0.1) is 0 Å². The molecule has 0 saturated carbocycles. The minimum absolute atomic E-state index is 0.0444. The normalized spacial score (nSPS) is 16.6. The van der Waals surface area contributed by atoms with Crippen molar-refractivity contribution in [2.24, 2.45) is 11.8 Å². The maximum Gasteiger partial charge on any atom is 0.551 e. The molecule has 0 aliphatic heterocycles. The Labute approximate surface area is 117 Å². The Balaban J connectivity index is 4.09. The third kappa shape index (κ3) is 10.3. The van der Waals surface area contributed by atoms with Gasteiger partial charge in [0.2, 0.25) is 0 Å². The monoisotopic (exact) mass is 300 g/mol. The van der Waals surface area contributed by atoms with Gasteiger partial charge in [0, 0.05) is 12.2 Å². The molecule has 0 saturated heterocycles. The zero-order chi connectivity index (χ0) is 13.6. The number of hydrogen-bond acceptors (Lipinski definition) is 2. The molecule has 2 nitrogen and oxygen atoms in total. The maximum atomic E-state index is 6.15. The summed E-state index contributed by atoms with van der Waals surface area (Å²) >= 11 is 12.3. The van der Waals surface area contributed by atoms with E-state index in [9.17, 15) is 0 Å². The van der Waals surface area contributed by atoms with Crippen LogP contribution in [0.3, 0.4) is 0 Å². The van der Waals surface area contributed by atoms with E-state index in [2.05, 4.69) is 27.7 Å². The highest BCUT2D eigenvalue weighted by Gasteiger charge is 2.38. The van der Waals surface area contributed by atoms with Crippen LogP contribution >= 0.6 is 22.2 Å². The van der Waals surface area contributed by atoms with Crippen LogP contribution in [0.25, 0.3) is 0 Å². The van der Waals surface area contributed by atoms with Crippen LogP contribution in [-0.2, 0) is 8.85 Å². The van der Waals surface area contributed by atoms with E-state index in [4.69, 9.17) is 31.0 Å². The molecule has 0 aromatic rings. The Morgan fingerprint density at radius 1 is 0.765 bits per heavy atom. The quantitative estimate of drug-likeness (QED) is 0.473. The van der Waals surface area contributed by atoms with Crippen LogP contribution in [0.2, 0.25) is 0 Å². The van der Waals surface area contributed by atoms with Gasteiger partial charge in [-0.05, 0) is 38.5 Å². The highest BCUT2D eigenvalue weighted by molar-refractivity contribution is 7.39. The molecule has 5 heteroatoms. The van der Waals surface area contributed by atoms with E-state index in [-0.39, 0.29) is 12.2 Å². The van der Waals surface area contributed by atoms with Crippen LogP contribution < -0.4 is 0 Å². The molecule has 0 aliphatic rings. The van der Waals surface area contributed by atoms with Crippen molar-refractivity contribution >= 4 is 29.3 Å². The van der Waals surface area contributed by atoms with Gasteiger partial charge < -0.3 is 8.85 Å². The first-order valence-corrected chi connectivity index (χ1v) is 10.2. The first-order valence-electron chi connectivity index (χ1n) is 6.35. The molecule has 0 fully saturated rings. The van der Waals surface area contributed by atoms with Gasteiger partial charge in [0.1, 0.15) is 0 Å². The van der Waals surface area contributed by atoms with Crippen molar-refractivity contribution in [1.29, 1.82) is 0 Å². The summed E-state index contributed by atoms with van der Waals surface area (Å²) in [5.74, 6) is 1.13. The number of hydrogen-bond donors (Lipinski definition) is 0. The van der Waals surface area contributed by atoms with Crippen LogP contribution in [0.15, 0.2) is 0 Å². The van der Waals surface area contributed by atoms with E-state index < -0.39 is 7.18 Å².